The van der Waals surface area contributed by atoms with Crippen molar-refractivity contribution in [1.82, 2.24) is 0 Å². The minimum absolute atomic E-state index is 0.832. The molecule has 0 amide bonds. The summed E-state index contributed by atoms with van der Waals surface area (Å²) < 4.78 is 13.4. The van der Waals surface area contributed by atoms with Crippen LogP contribution in [0, 0.1) is 0 Å². The molecule has 0 bridgehead atoms. The zero-order chi connectivity index (χ0) is 33.5. The maximum Gasteiger partial charge on any atom is 0.159 e. The summed E-state index contributed by atoms with van der Waals surface area (Å²) in [5.74, 6) is 0. The zero-order valence-electron chi connectivity index (χ0n) is 27.5. The van der Waals surface area contributed by atoms with Crippen LogP contribution in [-0.4, -0.2) is 0 Å². The number of para-hydroxylation sites is 4. The summed E-state index contributed by atoms with van der Waals surface area (Å²) in [5, 5.41) is 4.34. The Labute approximate surface area is 294 Å². The minimum atomic E-state index is 0.832. The van der Waals surface area contributed by atoms with E-state index in [0.717, 1.165) is 60.9 Å². The van der Waals surface area contributed by atoms with Crippen LogP contribution < -0.4 is 4.90 Å². The number of hydrogen-bond donors (Lipinski definition) is 0. The molecule has 1 aliphatic rings. The van der Waals surface area contributed by atoms with Crippen molar-refractivity contribution in [3.05, 3.63) is 176 Å². The van der Waals surface area contributed by atoms with Crippen molar-refractivity contribution >= 4 is 60.9 Å². The fourth-order valence-corrected chi connectivity index (χ4v) is 8.21. The number of hydrogen-bond acceptors (Lipinski definition) is 3. The lowest BCUT2D eigenvalue weighted by Gasteiger charge is -2.28. The molecule has 11 rings (SSSR count). The Morgan fingerprint density at radius 2 is 0.667 bits per heavy atom. The molecular formula is C48H29NO2. The molecule has 3 heteroatoms. The molecule has 0 saturated heterocycles. The SMILES string of the molecule is c1ccc2c(c1)-c1ccccc1-c1ccc(N(c3cccc4c3oc3ccccc34)c3cccc4c3oc3ccccc34)cc1-c1ccccc1-2. The molecule has 51 heavy (non-hydrogen) atoms. The summed E-state index contributed by atoms with van der Waals surface area (Å²) in [6.45, 7) is 0. The van der Waals surface area contributed by atoms with Crippen LogP contribution in [0.4, 0.5) is 17.1 Å². The van der Waals surface area contributed by atoms with Crippen LogP contribution in [0.5, 0.6) is 0 Å². The molecule has 0 saturated carbocycles. The second-order valence-electron chi connectivity index (χ2n) is 13.2. The van der Waals surface area contributed by atoms with Gasteiger partial charge in [0.1, 0.15) is 11.2 Å². The number of nitrogens with zero attached hydrogens (tertiary/aromatic N) is 1. The van der Waals surface area contributed by atoms with Gasteiger partial charge in [0.25, 0.3) is 0 Å². The first kappa shape index (κ1) is 28.0. The van der Waals surface area contributed by atoms with Gasteiger partial charge in [-0.05, 0) is 80.9 Å². The van der Waals surface area contributed by atoms with Gasteiger partial charge in [-0.1, -0.05) is 140 Å². The van der Waals surface area contributed by atoms with Crippen LogP contribution in [0.3, 0.4) is 0 Å². The van der Waals surface area contributed by atoms with Crippen LogP contribution in [0.1, 0.15) is 0 Å². The summed E-state index contributed by atoms with van der Waals surface area (Å²) in [6, 6.07) is 62.6. The quantitative estimate of drug-likeness (QED) is 0.190. The number of anilines is 3. The highest BCUT2D eigenvalue weighted by atomic mass is 16.3. The summed E-state index contributed by atoms with van der Waals surface area (Å²) in [4.78, 5) is 2.32. The van der Waals surface area contributed by atoms with Crippen LogP contribution >= 0.6 is 0 Å². The second kappa shape index (κ2) is 10.8. The number of furan rings is 2. The molecular weight excluding hydrogens is 623 g/mol. The van der Waals surface area contributed by atoms with Gasteiger partial charge < -0.3 is 13.7 Å². The third kappa shape index (κ3) is 4.12. The molecule has 0 radical (unpaired) electrons. The van der Waals surface area contributed by atoms with Gasteiger partial charge in [0.05, 0.1) is 11.4 Å². The van der Waals surface area contributed by atoms with Gasteiger partial charge in [-0.3, -0.25) is 0 Å². The third-order valence-electron chi connectivity index (χ3n) is 10.5. The van der Waals surface area contributed by atoms with E-state index in [2.05, 4.69) is 157 Å². The summed E-state index contributed by atoms with van der Waals surface area (Å²) in [6.07, 6.45) is 0. The van der Waals surface area contributed by atoms with Gasteiger partial charge >= 0.3 is 0 Å². The molecule has 2 aromatic heterocycles. The van der Waals surface area contributed by atoms with Gasteiger partial charge in [-0.2, -0.15) is 0 Å². The largest absolute Gasteiger partial charge is 0.454 e. The molecule has 0 unspecified atom stereocenters. The van der Waals surface area contributed by atoms with E-state index in [1.165, 1.54) is 44.5 Å². The first-order chi connectivity index (χ1) is 25.3. The highest BCUT2D eigenvalue weighted by Gasteiger charge is 2.26. The lowest BCUT2D eigenvalue weighted by Crippen LogP contribution is -2.11. The molecule has 2 heterocycles. The highest BCUT2D eigenvalue weighted by Crippen LogP contribution is 2.51. The Morgan fingerprint density at radius 3 is 1.14 bits per heavy atom. The molecule has 1 aliphatic carbocycles. The molecule has 238 valence electrons. The summed E-state index contributed by atoms with van der Waals surface area (Å²) in [7, 11) is 0. The zero-order valence-corrected chi connectivity index (χ0v) is 27.5. The van der Waals surface area contributed by atoms with Gasteiger partial charge in [-0.25, -0.2) is 0 Å². The Balaban J connectivity index is 1.24. The molecule has 0 spiro atoms. The van der Waals surface area contributed by atoms with Crippen molar-refractivity contribution in [2.45, 2.75) is 0 Å². The first-order valence-corrected chi connectivity index (χ1v) is 17.4. The molecule has 3 nitrogen and oxygen atoms in total. The van der Waals surface area contributed by atoms with Crippen molar-refractivity contribution in [1.29, 1.82) is 0 Å². The maximum atomic E-state index is 6.70. The lowest BCUT2D eigenvalue weighted by atomic mass is 9.81. The molecule has 8 aromatic carbocycles. The van der Waals surface area contributed by atoms with E-state index in [-0.39, 0.29) is 0 Å². The van der Waals surface area contributed by atoms with Gasteiger partial charge in [0, 0.05) is 27.2 Å². The molecule has 0 fully saturated rings. The predicted octanol–water partition coefficient (Wildman–Crippen LogP) is 13.9. The second-order valence-corrected chi connectivity index (χ2v) is 13.2. The third-order valence-corrected chi connectivity index (χ3v) is 10.5. The topological polar surface area (TPSA) is 29.5 Å². The van der Waals surface area contributed by atoms with Crippen molar-refractivity contribution in [3.8, 4) is 44.5 Å². The van der Waals surface area contributed by atoms with Crippen molar-refractivity contribution < 1.29 is 8.83 Å². The minimum Gasteiger partial charge on any atom is -0.454 e. The van der Waals surface area contributed by atoms with Gasteiger partial charge in [0.2, 0.25) is 0 Å². The van der Waals surface area contributed by atoms with Gasteiger partial charge in [0.15, 0.2) is 11.2 Å². The standard InChI is InChI=1S/C48H29NO2/c1-2-14-32-31(13-1)33-15-3-4-17-35(33)37-28-27-30(29-42(37)36-18-6-5-16-34(32)36)49(43-23-11-21-40-38-19-7-9-25-45(38)50-47(40)43)44-24-12-22-41-39-20-8-10-26-46(39)51-48(41)44/h1-29H. The fraction of sp³-hybridized carbons (Fsp3) is 0. The van der Waals surface area contributed by atoms with E-state index >= 15 is 0 Å². The van der Waals surface area contributed by atoms with Gasteiger partial charge in [-0.15, -0.1) is 0 Å². The fourth-order valence-electron chi connectivity index (χ4n) is 8.21. The lowest BCUT2D eigenvalue weighted by molar-refractivity contribution is 0.666. The van der Waals surface area contributed by atoms with Crippen molar-refractivity contribution in [3.63, 3.8) is 0 Å². The molecule has 0 N–H and O–H groups in total. The summed E-state index contributed by atoms with van der Waals surface area (Å²) in [5.41, 5.74) is 16.0. The van der Waals surface area contributed by atoms with E-state index < -0.39 is 0 Å². The monoisotopic (exact) mass is 651 g/mol. The maximum absolute atomic E-state index is 6.70. The van der Waals surface area contributed by atoms with Crippen molar-refractivity contribution in [2.24, 2.45) is 0 Å². The van der Waals surface area contributed by atoms with Crippen molar-refractivity contribution in [2.75, 3.05) is 4.90 Å². The average molecular weight is 652 g/mol. The van der Waals surface area contributed by atoms with E-state index in [0.29, 0.717) is 0 Å². The Kier molecular flexibility index (Phi) is 5.96. The first-order valence-electron chi connectivity index (χ1n) is 17.4. The van der Waals surface area contributed by atoms with E-state index in [1.807, 2.05) is 24.3 Å². The van der Waals surface area contributed by atoms with Crippen LogP contribution in [-0.2, 0) is 0 Å². The van der Waals surface area contributed by atoms with Crippen LogP contribution in [0.2, 0.25) is 0 Å². The predicted molar refractivity (Wildman–Crippen MR) is 211 cm³/mol. The molecule has 10 aromatic rings. The van der Waals surface area contributed by atoms with E-state index in [1.54, 1.807) is 0 Å². The highest BCUT2D eigenvalue weighted by molar-refractivity contribution is 6.14. The molecule has 0 atom stereocenters. The van der Waals surface area contributed by atoms with Crippen LogP contribution in [0.15, 0.2) is 185 Å². The van der Waals surface area contributed by atoms with E-state index in [4.69, 9.17) is 8.83 Å². The van der Waals surface area contributed by atoms with E-state index in [9.17, 15) is 0 Å². The molecule has 0 aliphatic heterocycles. The Bertz CT molecular complexity index is 2880. The number of rotatable bonds is 3. The summed E-state index contributed by atoms with van der Waals surface area (Å²) >= 11 is 0. The van der Waals surface area contributed by atoms with Crippen LogP contribution in [0.25, 0.3) is 88.4 Å². The Hall–Kier alpha value is -6.84. The number of benzene rings is 8. The Morgan fingerprint density at radius 1 is 0.294 bits per heavy atom. The average Bonchev–Trinajstić information content (AvgIpc) is 3.77. The smallest absolute Gasteiger partial charge is 0.159 e. The normalized spacial score (nSPS) is 11.9. The number of fused-ring (bicyclic) bond motifs is 14.